The molecule has 8 heteroatoms. The smallest absolute Gasteiger partial charge is 0.231 e. The third-order valence-electron chi connectivity index (χ3n) is 8.86. The van der Waals surface area contributed by atoms with Crippen molar-refractivity contribution in [1.29, 1.82) is 0 Å². The average Bonchev–Trinajstić information content (AvgIpc) is 3.00. The highest BCUT2D eigenvalue weighted by molar-refractivity contribution is 8.00. The lowest BCUT2D eigenvalue weighted by Gasteiger charge is -2.58. The number of allylic oxidation sites excluding steroid dienone is 1. The van der Waals surface area contributed by atoms with Crippen LogP contribution in [0.15, 0.2) is 82.9 Å². The van der Waals surface area contributed by atoms with Gasteiger partial charge in [-0.3, -0.25) is 0 Å². The predicted molar refractivity (Wildman–Crippen MR) is 166 cm³/mol. The van der Waals surface area contributed by atoms with Crippen LogP contribution in [0.1, 0.15) is 56.4 Å². The Bertz CT molecular complexity index is 1270. The summed E-state index contributed by atoms with van der Waals surface area (Å²) in [6.45, 7) is 4.60. The van der Waals surface area contributed by atoms with Crippen molar-refractivity contribution in [2.24, 2.45) is 22.9 Å². The molecule has 0 unspecified atom stereocenters. The van der Waals surface area contributed by atoms with Crippen LogP contribution in [-0.4, -0.2) is 59.0 Å². The van der Waals surface area contributed by atoms with Gasteiger partial charge in [-0.1, -0.05) is 48.3 Å². The predicted octanol–water partition coefficient (Wildman–Crippen LogP) is 6.45. The number of thioether (sulfide) groups is 1. The topological polar surface area (TPSA) is 101 Å². The third kappa shape index (κ3) is 6.13. The van der Waals surface area contributed by atoms with Gasteiger partial charge in [0.15, 0.2) is 0 Å². The molecule has 1 aliphatic heterocycles. The van der Waals surface area contributed by atoms with E-state index in [-0.39, 0.29) is 47.9 Å². The van der Waals surface area contributed by atoms with Crippen LogP contribution in [0.3, 0.4) is 0 Å². The maximum Gasteiger partial charge on any atom is 0.231 e. The van der Waals surface area contributed by atoms with E-state index in [1.807, 2.05) is 30.3 Å². The van der Waals surface area contributed by atoms with E-state index in [1.165, 1.54) is 0 Å². The van der Waals surface area contributed by atoms with Crippen LogP contribution >= 0.6 is 11.8 Å². The molecule has 0 radical (unpaired) electrons. The summed E-state index contributed by atoms with van der Waals surface area (Å²) >= 11 is 1.73. The number of ether oxygens (including phenoxy) is 2. The molecule has 2 aliphatic carbocycles. The molecule has 1 saturated carbocycles. The maximum atomic E-state index is 10.7. The van der Waals surface area contributed by atoms with Crippen LogP contribution in [0.25, 0.3) is 0 Å². The number of aliphatic hydroxyl groups excluding tert-OH is 2. The van der Waals surface area contributed by atoms with Gasteiger partial charge in [-0.2, -0.15) is 0 Å². The second-order valence-corrected chi connectivity index (χ2v) is 12.7. The van der Waals surface area contributed by atoms with E-state index in [9.17, 15) is 15.3 Å². The lowest BCUT2D eigenvalue weighted by Crippen LogP contribution is -2.64. The van der Waals surface area contributed by atoms with E-state index in [4.69, 9.17) is 14.3 Å². The van der Waals surface area contributed by atoms with Crippen molar-refractivity contribution in [2.45, 2.75) is 66.8 Å². The number of fused-ring (bicyclic) bond motifs is 2. The molecule has 0 aromatic heterocycles. The van der Waals surface area contributed by atoms with E-state index in [1.54, 1.807) is 31.0 Å². The minimum Gasteiger partial charge on any atom is -0.508 e. The normalized spacial score (nSPS) is 28.8. The van der Waals surface area contributed by atoms with Gasteiger partial charge in [-0.05, 0) is 73.4 Å². The van der Waals surface area contributed by atoms with Crippen molar-refractivity contribution < 1.29 is 29.6 Å². The quantitative estimate of drug-likeness (QED) is 0.132. The van der Waals surface area contributed by atoms with Crippen molar-refractivity contribution in [1.82, 2.24) is 0 Å². The molecule has 6 atom stereocenters. The number of aliphatic hydroxyl groups is 2. The minimum atomic E-state index is -1.02. The van der Waals surface area contributed by atoms with E-state index >= 15 is 0 Å². The first-order valence-corrected chi connectivity index (χ1v) is 16.0. The highest BCUT2D eigenvalue weighted by Crippen LogP contribution is 2.63. The maximum absolute atomic E-state index is 10.7. The molecule has 1 heterocycles. The third-order valence-corrected chi connectivity index (χ3v) is 10.2. The monoisotopic (exact) mass is 593 g/mol. The first-order chi connectivity index (χ1) is 20.6. The van der Waals surface area contributed by atoms with Gasteiger partial charge in [0.05, 0.1) is 23.5 Å². The van der Waals surface area contributed by atoms with Crippen LogP contribution in [0, 0.1) is 17.8 Å². The summed E-state index contributed by atoms with van der Waals surface area (Å²) in [6, 6.07) is 15.7. The number of hydrogen-bond acceptors (Lipinski definition) is 8. The largest absolute Gasteiger partial charge is 0.508 e. The molecule has 3 aliphatic rings. The van der Waals surface area contributed by atoms with E-state index in [0.717, 1.165) is 66.0 Å². The Morgan fingerprint density at radius 2 is 1.83 bits per heavy atom. The van der Waals surface area contributed by atoms with Gasteiger partial charge in [0.1, 0.15) is 18.6 Å². The molecule has 0 amide bonds. The molecule has 2 aromatic carbocycles. The van der Waals surface area contributed by atoms with E-state index in [0.29, 0.717) is 13.0 Å². The van der Waals surface area contributed by atoms with Crippen molar-refractivity contribution in [2.75, 3.05) is 26.9 Å². The van der Waals surface area contributed by atoms with Crippen molar-refractivity contribution in [3.05, 3.63) is 78.4 Å². The van der Waals surface area contributed by atoms with Gasteiger partial charge < -0.3 is 29.6 Å². The highest BCUT2D eigenvalue weighted by Gasteiger charge is 2.64. The van der Waals surface area contributed by atoms with E-state index in [2.05, 4.69) is 29.9 Å². The lowest BCUT2D eigenvalue weighted by molar-refractivity contribution is -0.223. The summed E-state index contributed by atoms with van der Waals surface area (Å²) in [7, 11) is 1.59. The molecule has 3 N–H and O–H groups in total. The SMILES string of the molecule is C=CCO[C@@]12Oc3ccc(O)cc3[C@H]3[C@H](CCCCO)[C@@H](CCCCO)C=C(C(=NOC)C[C@@H]1Sc1ccccc1)[C@H]32. The number of benzene rings is 2. The van der Waals surface area contributed by atoms with Crippen molar-refractivity contribution in [3.8, 4) is 11.5 Å². The molecular weight excluding hydrogens is 550 g/mol. The summed E-state index contributed by atoms with van der Waals surface area (Å²) in [5.41, 5.74) is 2.95. The average molecular weight is 594 g/mol. The Morgan fingerprint density at radius 3 is 2.55 bits per heavy atom. The Balaban J connectivity index is 1.72. The molecule has 0 bridgehead atoms. The molecule has 2 aromatic rings. The minimum absolute atomic E-state index is 0.0234. The van der Waals surface area contributed by atoms with Crippen LogP contribution in [0.4, 0.5) is 0 Å². The van der Waals surface area contributed by atoms with Crippen LogP contribution in [-0.2, 0) is 9.57 Å². The zero-order valence-electron chi connectivity index (χ0n) is 24.4. The Kier molecular flexibility index (Phi) is 10.3. The molecule has 7 nitrogen and oxygen atoms in total. The fraction of sp³-hybridized carbons (Fsp3) is 0.500. The summed E-state index contributed by atoms with van der Waals surface area (Å²) in [6.07, 6.45) is 9.84. The summed E-state index contributed by atoms with van der Waals surface area (Å²) in [5.74, 6) is 0.116. The number of unbranched alkanes of at least 4 members (excludes halogenated alkanes) is 2. The number of phenols is 1. The molecule has 1 fully saturated rings. The van der Waals surface area contributed by atoms with Gasteiger partial charge in [0.2, 0.25) is 5.79 Å². The fourth-order valence-corrected chi connectivity index (χ4v) is 8.52. The fourth-order valence-electron chi connectivity index (χ4n) is 7.21. The summed E-state index contributed by atoms with van der Waals surface area (Å²) in [4.78, 5) is 6.55. The van der Waals surface area contributed by atoms with Gasteiger partial charge in [-0.15, -0.1) is 18.3 Å². The number of hydrogen-bond donors (Lipinski definition) is 3. The molecule has 5 rings (SSSR count). The molecule has 226 valence electrons. The Hall–Kier alpha value is -2.78. The van der Waals surface area contributed by atoms with Gasteiger partial charge in [0, 0.05) is 36.0 Å². The van der Waals surface area contributed by atoms with Gasteiger partial charge in [-0.25, -0.2) is 0 Å². The number of nitrogens with zero attached hydrogens (tertiary/aromatic N) is 1. The van der Waals surface area contributed by atoms with Crippen LogP contribution in [0.5, 0.6) is 11.5 Å². The molecular formula is C34H43NO6S. The second-order valence-electron chi connectivity index (χ2n) is 11.4. The molecule has 0 spiro atoms. The van der Waals surface area contributed by atoms with Crippen LogP contribution < -0.4 is 4.74 Å². The summed E-state index contributed by atoms with van der Waals surface area (Å²) in [5, 5.41) is 34.3. The van der Waals surface area contributed by atoms with E-state index < -0.39 is 5.79 Å². The van der Waals surface area contributed by atoms with Gasteiger partial charge in [0.25, 0.3) is 0 Å². The number of phenolic OH excluding ortho intramolecular Hbond substituents is 1. The lowest BCUT2D eigenvalue weighted by atomic mass is 9.56. The standard InChI is InChI=1S/C34H43NO6S/c1-3-19-40-34-31(42-25-12-5-4-6-13-25)22-29(35-39-2)27-20-23(11-7-9-17-36)26(14-8-10-18-37)32(33(27)34)28-21-24(38)15-16-30(28)41-34/h3-6,12-13,15-16,20-21,23,26,31-33,36-38H,1,7-11,14,17-19,22H2,2H3/t23-,26+,31-,32+,33+,34+/m0/s1. The molecule has 42 heavy (non-hydrogen) atoms. The van der Waals surface area contributed by atoms with Gasteiger partial charge >= 0.3 is 0 Å². The highest BCUT2D eigenvalue weighted by atomic mass is 32.2. The summed E-state index contributed by atoms with van der Waals surface area (Å²) < 4.78 is 13.9. The first kappa shape index (κ1) is 30.7. The number of aromatic hydroxyl groups is 1. The Morgan fingerprint density at radius 1 is 1.07 bits per heavy atom. The zero-order valence-corrected chi connectivity index (χ0v) is 25.2. The number of oxime groups is 1. The second kappa shape index (κ2) is 14.1. The Labute approximate surface area is 253 Å². The first-order valence-electron chi connectivity index (χ1n) is 15.1. The van der Waals surface area contributed by atoms with Crippen LogP contribution in [0.2, 0.25) is 0 Å². The van der Waals surface area contributed by atoms with Crippen molar-refractivity contribution >= 4 is 17.5 Å². The molecule has 0 saturated heterocycles. The number of rotatable bonds is 14. The van der Waals surface area contributed by atoms with Crippen molar-refractivity contribution in [3.63, 3.8) is 0 Å². The zero-order chi connectivity index (χ0) is 29.5.